The topological polar surface area (TPSA) is 83.6 Å². The number of hydrogen-bond donors (Lipinski definition) is 1. The zero-order valence-corrected chi connectivity index (χ0v) is 24.4. The number of nitrogens with zero attached hydrogens (tertiary/aromatic N) is 4. The Labute approximate surface area is 222 Å². The van der Waals surface area contributed by atoms with Gasteiger partial charge in [-0.3, -0.25) is 4.68 Å². The number of aliphatic hydroxyl groups excluding tert-OH is 1. The second-order valence-electron chi connectivity index (χ2n) is 11.7. The van der Waals surface area contributed by atoms with E-state index in [1.807, 2.05) is 10.9 Å². The van der Waals surface area contributed by atoms with Crippen molar-refractivity contribution in [1.82, 2.24) is 19.6 Å². The number of ether oxygens (including phenoxy) is 2. The minimum Gasteiger partial charge on any atom is -0.543 e. The molecule has 3 heterocycles. The van der Waals surface area contributed by atoms with Gasteiger partial charge in [0.2, 0.25) is 8.32 Å². The molecular weight excluding hydrogens is 484 g/mol. The van der Waals surface area contributed by atoms with E-state index >= 15 is 0 Å². The van der Waals surface area contributed by atoms with Gasteiger partial charge in [-0.05, 0) is 75.4 Å². The standard InChI is InChI=1S/C28H44N4O4Si/c1-21(13-17-34-15-9-14-33)31-20-22(19-29-31)27-24-18-23(36-37(5,6)28(2,3)4)11-12-25(24)32(30-27)26-10-7-8-16-35-26/h11-12,18-21,26,33H,7-10,13-17H2,1-6H3. The van der Waals surface area contributed by atoms with Crippen LogP contribution in [0.3, 0.4) is 0 Å². The number of aromatic nitrogens is 4. The number of fused-ring (bicyclic) bond motifs is 1. The smallest absolute Gasteiger partial charge is 0.250 e. The number of hydrogen-bond acceptors (Lipinski definition) is 6. The van der Waals surface area contributed by atoms with Crippen molar-refractivity contribution in [2.75, 3.05) is 26.4 Å². The van der Waals surface area contributed by atoms with Crippen LogP contribution in [0.2, 0.25) is 18.1 Å². The quantitative estimate of drug-likeness (QED) is 0.231. The van der Waals surface area contributed by atoms with Gasteiger partial charge in [-0.25, -0.2) is 4.68 Å². The molecule has 0 saturated carbocycles. The lowest BCUT2D eigenvalue weighted by molar-refractivity contribution is -0.0365. The van der Waals surface area contributed by atoms with Gasteiger partial charge in [0, 0.05) is 43.6 Å². The Hall–Kier alpha value is -2.20. The molecular formula is C28H44N4O4Si. The third-order valence-corrected chi connectivity index (χ3v) is 12.1. The summed E-state index contributed by atoms with van der Waals surface area (Å²) in [6, 6.07) is 6.54. The van der Waals surface area contributed by atoms with Crippen molar-refractivity contribution in [3.05, 3.63) is 30.6 Å². The highest BCUT2D eigenvalue weighted by Crippen LogP contribution is 2.40. The van der Waals surface area contributed by atoms with E-state index in [4.69, 9.17) is 24.1 Å². The highest BCUT2D eigenvalue weighted by atomic mass is 28.4. The van der Waals surface area contributed by atoms with E-state index in [-0.39, 0.29) is 23.9 Å². The van der Waals surface area contributed by atoms with Crippen LogP contribution in [0.5, 0.6) is 5.75 Å². The second kappa shape index (κ2) is 11.7. The minimum absolute atomic E-state index is 0.0535. The first-order valence-electron chi connectivity index (χ1n) is 13.7. The van der Waals surface area contributed by atoms with Crippen LogP contribution < -0.4 is 4.43 Å². The summed E-state index contributed by atoms with van der Waals surface area (Å²) >= 11 is 0. The van der Waals surface area contributed by atoms with Gasteiger partial charge in [-0.2, -0.15) is 10.2 Å². The predicted molar refractivity (Wildman–Crippen MR) is 149 cm³/mol. The zero-order valence-electron chi connectivity index (χ0n) is 23.4. The normalized spacial score (nSPS) is 17.9. The molecule has 0 bridgehead atoms. The van der Waals surface area contributed by atoms with E-state index in [0.717, 1.165) is 60.2 Å². The molecule has 1 aliphatic rings. The van der Waals surface area contributed by atoms with Gasteiger partial charge in [0.15, 0.2) is 6.23 Å². The van der Waals surface area contributed by atoms with Crippen molar-refractivity contribution in [3.63, 3.8) is 0 Å². The molecule has 4 rings (SSSR count). The average molecular weight is 529 g/mol. The average Bonchev–Trinajstić information content (AvgIpc) is 3.48. The van der Waals surface area contributed by atoms with Gasteiger partial charge in [-0.15, -0.1) is 0 Å². The molecule has 0 amide bonds. The highest BCUT2D eigenvalue weighted by Gasteiger charge is 2.39. The molecule has 204 valence electrons. The van der Waals surface area contributed by atoms with Crippen molar-refractivity contribution in [2.24, 2.45) is 0 Å². The minimum atomic E-state index is -1.98. The van der Waals surface area contributed by atoms with E-state index in [0.29, 0.717) is 19.6 Å². The maximum atomic E-state index is 8.92. The van der Waals surface area contributed by atoms with Crippen molar-refractivity contribution in [2.45, 2.75) is 90.2 Å². The van der Waals surface area contributed by atoms with Gasteiger partial charge < -0.3 is 19.0 Å². The van der Waals surface area contributed by atoms with Crippen LogP contribution in [0.1, 0.15) is 72.1 Å². The van der Waals surface area contributed by atoms with Crippen LogP contribution in [-0.4, -0.2) is 59.4 Å². The first-order valence-corrected chi connectivity index (χ1v) is 16.6. The third kappa shape index (κ3) is 6.45. The predicted octanol–water partition coefficient (Wildman–Crippen LogP) is 6.33. The summed E-state index contributed by atoms with van der Waals surface area (Å²) in [6.45, 7) is 15.6. The molecule has 2 aromatic heterocycles. The molecule has 1 aromatic carbocycles. The maximum Gasteiger partial charge on any atom is 0.250 e. The van der Waals surface area contributed by atoms with E-state index in [2.05, 4.69) is 75.0 Å². The molecule has 8 nitrogen and oxygen atoms in total. The van der Waals surface area contributed by atoms with Crippen LogP contribution in [0.4, 0.5) is 0 Å². The molecule has 3 aromatic rings. The fourth-order valence-electron chi connectivity index (χ4n) is 4.34. The van der Waals surface area contributed by atoms with Crippen molar-refractivity contribution in [1.29, 1.82) is 0 Å². The fourth-order valence-corrected chi connectivity index (χ4v) is 5.36. The van der Waals surface area contributed by atoms with Crippen LogP contribution in [0.15, 0.2) is 30.6 Å². The van der Waals surface area contributed by atoms with Gasteiger partial charge >= 0.3 is 0 Å². The SMILES string of the molecule is CC(CCOCCCO)n1cc(-c2nn(C3CCCCO3)c3ccc(O[Si](C)(C)C(C)(C)C)cc23)cn1. The molecule has 1 aliphatic heterocycles. The summed E-state index contributed by atoms with van der Waals surface area (Å²) < 4.78 is 22.4. The summed E-state index contributed by atoms with van der Waals surface area (Å²) in [5, 5.41) is 19.8. The Morgan fingerprint density at radius 3 is 2.73 bits per heavy atom. The molecule has 9 heteroatoms. The van der Waals surface area contributed by atoms with E-state index in [1.54, 1.807) is 0 Å². The summed E-state index contributed by atoms with van der Waals surface area (Å²) in [5.74, 6) is 0.894. The van der Waals surface area contributed by atoms with Gasteiger partial charge in [0.1, 0.15) is 11.4 Å². The van der Waals surface area contributed by atoms with Gasteiger partial charge in [0.25, 0.3) is 0 Å². The van der Waals surface area contributed by atoms with Gasteiger partial charge in [0.05, 0.1) is 17.8 Å². The fraction of sp³-hybridized carbons (Fsp3) is 0.643. The lowest BCUT2D eigenvalue weighted by atomic mass is 10.1. The van der Waals surface area contributed by atoms with Crippen molar-refractivity contribution < 1.29 is 19.0 Å². The van der Waals surface area contributed by atoms with Crippen LogP contribution >= 0.6 is 0 Å². The summed E-state index contributed by atoms with van der Waals surface area (Å²) in [4.78, 5) is 0. The van der Waals surface area contributed by atoms with Gasteiger partial charge in [-0.1, -0.05) is 20.8 Å². The Bertz CT molecular complexity index is 1160. The molecule has 0 radical (unpaired) electrons. The molecule has 0 spiro atoms. The van der Waals surface area contributed by atoms with Crippen molar-refractivity contribution >= 4 is 19.2 Å². The molecule has 2 atom stereocenters. The monoisotopic (exact) mass is 528 g/mol. The van der Waals surface area contributed by atoms with E-state index in [9.17, 15) is 0 Å². The Morgan fingerprint density at radius 2 is 2.03 bits per heavy atom. The number of aliphatic hydroxyl groups is 1. The largest absolute Gasteiger partial charge is 0.543 e. The number of rotatable bonds is 11. The summed E-state index contributed by atoms with van der Waals surface area (Å²) in [5.41, 5.74) is 2.95. The maximum absolute atomic E-state index is 8.92. The first kappa shape index (κ1) is 27.8. The first-order chi connectivity index (χ1) is 17.6. The number of benzene rings is 1. The summed E-state index contributed by atoms with van der Waals surface area (Å²) in [7, 11) is -1.98. The zero-order chi connectivity index (χ0) is 26.6. The second-order valence-corrected chi connectivity index (χ2v) is 16.4. The van der Waals surface area contributed by atoms with E-state index < -0.39 is 8.32 Å². The Kier molecular flexibility index (Phi) is 8.78. The summed E-state index contributed by atoms with van der Waals surface area (Å²) in [6.07, 6.45) is 8.65. The molecule has 1 fully saturated rings. The molecule has 1 saturated heterocycles. The van der Waals surface area contributed by atoms with Crippen LogP contribution in [0, 0.1) is 0 Å². The lowest BCUT2D eigenvalue weighted by Gasteiger charge is -2.36. The molecule has 37 heavy (non-hydrogen) atoms. The Balaban J connectivity index is 1.65. The van der Waals surface area contributed by atoms with Crippen LogP contribution in [0.25, 0.3) is 22.2 Å². The van der Waals surface area contributed by atoms with Crippen LogP contribution in [-0.2, 0) is 9.47 Å². The van der Waals surface area contributed by atoms with Crippen molar-refractivity contribution in [3.8, 4) is 17.0 Å². The molecule has 1 N–H and O–H groups in total. The van der Waals surface area contributed by atoms with E-state index in [1.165, 1.54) is 0 Å². The highest BCUT2D eigenvalue weighted by molar-refractivity contribution is 6.74. The molecule has 0 aliphatic carbocycles. The molecule has 2 unspecified atom stereocenters. The third-order valence-electron chi connectivity index (χ3n) is 7.74. The Morgan fingerprint density at radius 1 is 1.22 bits per heavy atom. The lowest BCUT2D eigenvalue weighted by Crippen LogP contribution is -2.43.